The molecular weight excluding hydrogens is 250 g/mol. The average molecular weight is 279 g/mol. The molecule has 3 aliphatic rings. The molecule has 3 fully saturated rings. The van der Waals surface area contributed by atoms with Gasteiger partial charge in [-0.15, -0.1) is 0 Å². The van der Waals surface area contributed by atoms with Crippen LogP contribution in [0.25, 0.3) is 0 Å². The fourth-order valence-corrected chi connectivity index (χ4v) is 4.52. The summed E-state index contributed by atoms with van der Waals surface area (Å²) in [5.41, 5.74) is 0.391. The highest BCUT2D eigenvalue weighted by atomic mass is 16.2. The highest BCUT2D eigenvalue weighted by Crippen LogP contribution is 2.51. The van der Waals surface area contributed by atoms with Crippen LogP contribution in [0.1, 0.15) is 51.9 Å². The molecule has 2 aliphatic heterocycles. The van der Waals surface area contributed by atoms with Crippen LogP contribution in [0.4, 0.5) is 4.79 Å². The maximum absolute atomic E-state index is 12.2. The molecule has 3 rings (SSSR count). The Morgan fingerprint density at radius 2 is 2.25 bits per heavy atom. The molecule has 3 atom stereocenters. The maximum Gasteiger partial charge on any atom is 0.317 e. The summed E-state index contributed by atoms with van der Waals surface area (Å²) in [6.07, 6.45) is 8.75. The van der Waals surface area contributed by atoms with Gasteiger partial charge >= 0.3 is 6.03 Å². The number of rotatable bonds is 4. The molecule has 1 saturated carbocycles. The Morgan fingerprint density at radius 3 is 2.95 bits per heavy atom. The third kappa shape index (κ3) is 2.43. The molecule has 1 aliphatic carbocycles. The van der Waals surface area contributed by atoms with Crippen LogP contribution in [0.2, 0.25) is 0 Å². The largest absolute Gasteiger partial charge is 0.338 e. The topological polar surface area (TPSA) is 44.4 Å². The fraction of sp³-hybridized carbons (Fsp3) is 0.938. The van der Waals surface area contributed by atoms with Gasteiger partial charge in [0.25, 0.3) is 0 Å². The molecule has 4 heteroatoms. The van der Waals surface area contributed by atoms with Crippen molar-refractivity contribution in [1.29, 1.82) is 0 Å². The Labute approximate surface area is 122 Å². The van der Waals surface area contributed by atoms with Crippen molar-refractivity contribution in [2.24, 2.45) is 11.8 Å². The molecule has 2 heterocycles. The van der Waals surface area contributed by atoms with Gasteiger partial charge in [0.2, 0.25) is 0 Å². The molecule has 2 amide bonds. The van der Waals surface area contributed by atoms with Gasteiger partial charge in [-0.2, -0.15) is 0 Å². The Hall–Kier alpha value is -0.770. The second kappa shape index (κ2) is 5.92. The lowest BCUT2D eigenvalue weighted by Crippen LogP contribution is -2.62. The van der Waals surface area contributed by atoms with E-state index in [-0.39, 0.29) is 6.03 Å². The van der Waals surface area contributed by atoms with Crippen LogP contribution in [-0.2, 0) is 0 Å². The lowest BCUT2D eigenvalue weighted by molar-refractivity contribution is 0.0265. The number of nitrogens with one attached hydrogen (secondary N) is 2. The number of likely N-dealkylation sites (tertiary alicyclic amines) is 1. The first-order chi connectivity index (χ1) is 9.76. The first-order valence-corrected chi connectivity index (χ1v) is 8.54. The van der Waals surface area contributed by atoms with Gasteiger partial charge in [-0.1, -0.05) is 13.3 Å². The van der Waals surface area contributed by atoms with Gasteiger partial charge in [-0.3, -0.25) is 0 Å². The van der Waals surface area contributed by atoms with E-state index in [4.69, 9.17) is 0 Å². The van der Waals surface area contributed by atoms with Crippen molar-refractivity contribution in [1.82, 2.24) is 15.5 Å². The number of hydrogen-bond acceptors (Lipinski definition) is 2. The van der Waals surface area contributed by atoms with E-state index in [1.54, 1.807) is 0 Å². The number of nitrogens with zero attached hydrogens (tertiary/aromatic N) is 1. The van der Waals surface area contributed by atoms with Crippen molar-refractivity contribution in [2.45, 2.75) is 57.4 Å². The van der Waals surface area contributed by atoms with Crippen LogP contribution in [0, 0.1) is 11.8 Å². The van der Waals surface area contributed by atoms with Crippen molar-refractivity contribution in [3.63, 3.8) is 0 Å². The van der Waals surface area contributed by atoms with E-state index in [1.165, 1.54) is 38.6 Å². The second-order valence-corrected chi connectivity index (χ2v) is 6.86. The quantitative estimate of drug-likeness (QED) is 0.776. The zero-order valence-corrected chi connectivity index (χ0v) is 12.8. The number of unbranched alkanes of at least 4 members (excludes halogenated alkanes) is 1. The highest BCUT2D eigenvalue weighted by Gasteiger charge is 2.54. The van der Waals surface area contributed by atoms with E-state index in [9.17, 15) is 4.79 Å². The van der Waals surface area contributed by atoms with Crippen molar-refractivity contribution in [2.75, 3.05) is 26.2 Å². The predicted molar refractivity (Wildman–Crippen MR) is 80.7 cm³/mol. The minimum atomic E-state index is 0.161. The third-order valence-corrected chi connectivity index (χ3v) is 5.83. The fourth-order valence-electron chi connectivity index (χ4n) is 4.52. The third-order valence-electron chi connectivity index (χ3n) is 5.83. The Balaban J connectivity index is 1.55. The normalized spacial score (nSPS) is 36.4. The lowest BCUT2D eigenvalue weighted by atomic mass is 9.59. The molecule has 0 radical (unpaired) electrons. The summed E-state index contributed by atoms with van der Waals surface area (Å²) in [7, 11) is 0. The van der Waals surface area contributed by atoms with E-state index in [2.05, 4.69) is 22.5 Å². The minimum Gasteiger partial charge on any atom is -0.338 e. The Bertz CT molecular complexity index is 360. The standard InChI is InChI=1S/C16H29N3O/c1-2-3-9-17-15(20)19-11-4-5-14(12-19)16-8-6-13(16)7-10-18-16/h13-14,18H,2-12H2,1H3,(H,17,20). The molecule has 4 nitrogen and oxygen atoms in total. The summed E-state index contributed by atoms with van der Waals surface area (Å²) < 4.78 is 0. The van der Waals surface area contributed by atoms with Gasteiger partial charge in [-0.05, 0) is 56.9 Å². The van der Waals surface area contributed by atoms with Crippen LogP contribution in [0.15, 0.2) is 0 Å². The van der Waals surface area contributed by atoms with E-state index in [1.807, 2.05) is 0 Å². The van der Waals surface area contributed by atoms with E-state index < -0.39 is 0 Å². The molecular formula is C16H29N3O. The zero-order valence-electron chi connectivity index (χ0n) is 12.8. The molecule has 20 heavy (non-hydrogen) atoms. The molecule has 114 valence electrons. The molecule has 0 bridgehead atoms. The number of carbonyl (C=O) groups is 1. The Morgan fingerprint density at radius 1 is 1.35 bits per heavy atom. The average Bonchev–Trinajstić information content (AvgIpc) is 2.75. The molecule has 0 aromatic rings. The summed E-state index contributed by atoms with van der Waals surface area (Å²) in [4.78, 5) is 14.3. The van der Waals surface area contributed by atoms with Gasteiger partial charge in [-0.25, -0.2) is 4.79 Å². The van der Waals surface area contributed by atoms with Gasteiger partial charge < -0.3 is 15.5 Å². The van der Waals surface area contributed by atoms with Gasteiger partial charge in [0.15, 0.2) is 0 Å². The molecule has 0 spiro atoms. The minimum absolute atomic E-state index is 0.161. The number of hydrogen-bond donors (Lipinski definition) is 2. The van der Waals surface area contributed by atoms with Gasteiger partial charge in [0, 0.05) is 25.2 Å². The highest BCUT2D eigenvalue weighted by molar-refractivity contribution is 5.74. The summed E-state index contributed by atoms with van der Waals surface area (Å²) >= 11 is 0. The van der Waals surface area contributed by atoms with E-state index in [0.29, 0.717) is 11.5 Å². The smallest absolute Gasteiger partial charge is 0.317 e. The lowest BCUT2D eigenvalue weighted by Gasteiger charge is -2.53. The van der Waals surface area contributed by atoms with Crippen LogP contribution in [-0.4, -0.2) is 42.6 Å². The van der Waals surface area contributed by atoms with Gasteiger partial charge in [0.05, 0.1) is 0 Å². The van der Waals surface area contributed by atoms with Crippen LogP contribution < -0.4 is 10.6 Å². The molecule has 0 aromatic heterocycles. The number of carbonyl (C=O) groups excluding carboxylic acids is 1. The number of piperidine rings is 1. The first kappa shape index (κ1) is 14.2. The van der Waals surface area contributed by atoms with Crippen LogP contribution in [0.5, 0.6) is 0 Å². The predicted octanol–water partition coefficient (Wildman–Crippen LogP) is 2.35. The van der Waals surface area contributed by atoms with E-state index in [0.717, 1.165) is 38.4 Å². The summed E-state index contributed by atoms with van der Waals surface area (Å²) in [6, 6.07) is 0.161. The van der Waals surface area contributed by atoms with Crippen molar-refractivity contribution in [3.05, 3.63) is 0 Å². The van der Waals surface area contributed by atoms with Crippen molar-refractivity contribution in [3.8, 4) is 0 Å². The molecule has 2 N–H and O–H groups in total. The van der Waals surface area contributed by atoms with E-state index >= 15 is 0 Å². The first-order valence-electron chi connectivity index (χ1n) is 8.54. The number of fused-ring (bicyclic) bond motifs is 1. The van der Waals surface area contributed by atoms with Crippen molar-refractivity contribution < 1.29 is 4.79 Å². The zero-order chi connectivity index (χ0) is 14.0. The van der Waals surface area contributed by atoms with Crippen molar-refractivity contribution >= 4 is 6.03 Å². The maximum atomic E-state index is 12.2. The summed E-state index contributed by atoms with van der Waals surface area (Å²) in [5, 5.41) is 6.87. The monoisotopic (exact) mass is 279 g/mol. The van der Waals surface area contributed by atoms with Gasteiger partial charge in [0.1, 0.15) is 0 Å². The summed E-state index contributed by atoms with van der Waals surface area (Å²) in [5.74, 6) is 1.56. The molecule has 2 saturated heterocycles. The Kier molecular flexibility index (Phi) is 4.20. The number of amides is 2. The SMILES string of the molecule is CCCCNC(=O)N1CCCC(C23CCC2CCN3)C1. The molecule has 0 aromatic carbocycles. The van der Waals surface area contributed by atoms with Crippen LogP contribution in [0.3, 0.4) is 0 Å². The molecule has 3 unspecified atom stereocenters. The van der Waals surface area contributed by atoms with Crippen LogP contribution >= 0.6 is 0 Å². The second-order valence-electron chi connectivity index (χ2n) is 6.86. The number of urea groups is 1. The summed E-state index contributed by atoms with van der Waals surface area (Å²) in [6.45, 7) is 6.06.